The number of piperidine rings is 1. The third-order valence-corrected chi connectivity index (χ3v) is 5.88. The number of alkyl halides is 3. The van der Waals surface area contributed by atoms with E-state index in [1.54, 1.807) is 0 Å². The molecule has 1 fully saturated rings. The molecule has 3 aromatic rings. The molecule has 1 saturated heterocycles. The van der Waals surface area contributed by atoms with Crippen LogP contribution in [0, 0.1) is 0 Å². The minimum atomic E-state index is -4.47. The molecule has 7 nitrogen and oxygen atoms in total. The van der Waals surface area contributed by atoms with Crippen molar-refractivity contribution in [3.63, 3.8) is 0 Å². The van der Waals surface area contributed by atoms with Crippen LogP contribution in [0.25, 0.3) is 10.6 Å². The number of rotatable bonds is 5. The van der Waals surface area contributed by atoms with Gasteiger partial charge in [-0.25, -0.2) is 4.79 Å². The van der Waals surface area contributed by atoms with Crippen LogP contribution in [-0.2, 0) is 6.18 Å². The molecule has 0 aliphatic carbocycles. The molecule has 0 unspecified atom stereocenters. The first kappa shape index (κ1) is 21.0. The van der Waals surface area contributed by atoms with E-state index in [1.165, 1.54) is 48.0 Å². The average Bonchev–Trinajstić information content (AvgIpc) is 3.24. The Bertz CT molecular complexity index is 1080. The number of hydrogen-bond donors (Lipinski definition) is 1. The van der Waals surface area contributed by atoms with Gasteiger partial charge in [-0.05, 0) is 18.2 Å². The monoisotopic (exact) mass is 450 g/mol. The summed E-state index contributed by atoms with van der Waals surface area (Å²) in [6.07, 6.45) is -0.935. The molecule has 0 radical (unpaired) electrons. The van der Waals surface area contributed by atoms with Crippen LogP contribution < -0.4 is 9.64 Å². The topological polar surface area (TPSA) is 88.4 Å². The maximum absolute atomic E-state index is 13.2. The molecule has 1 aromatic carbocycles. The number of halogens is 3. The Labute approximate surface area is 179 Å². The lowest BCUT2D eigenvalue weighted by molar-refractivity contribution is -0.139. The Morgan fingerprint density at radius 2 is 1.90 bits per heavy atom. The summed E-state index contributed by atoms with van der Waals surface area (Å²) in [6, 6.07) is 6.70. The first-order chi connectivity index (χ1) is 14.8. The lowest BCUT2D eigenvalue weighted by Crippen LogP contribution is -2.38. The summed E-state index contributed by atoms with van der Waals surface area (Å²) >= 11 is 1.31. The second kappa shape index (κ2) is 8.50. The Morgan fingerprint density at radius 3 is 2.61 bits per heavy atom. The van der Waals surface area contributed by atoms with Crippen LogP contribution in [0.4, 0.5) is 18.3 Å². The zero-order valence-corrected chi connectivity index (χ0v) is 16.9. The summed E-state index contributed by atoms with van der Waals surface area (Å²) in [7, 11) is 0. The number of carbonyl (C=O) groups is 1. The van der Waals surface area contributed by atoms with Crippen LogP contribution in [0.2, 0.25) is 0 Å². The number of carboxylic acids is 1. The molecule has 0 bridgehead atoms. The highest BCUT2D eigenvalue weighted by molar-refractivity contribution is 7.18. The molecule has 4 rings (SSSR count). The zero-order valence-electron chi connectivity index (χ0n) is 16.0. The van der Waals surface area contributed by atoms with Gasteiger partial charge in [0.1, 0.15) is 11.9 Å². The molecule has 2 aromatic heterocycles. The Hall–Kier alpha value is -3.21. The minimum absolute atomic E-state index is 0.0614. The number of benzene rings is 1. The summed E-state index contributed by atoms with van der Waals surface area (Å²) in [5.41, 5.74) is -0.152. The predicted octanol–water partition coefficient (Wildman–Crippen LogP) is 4.36. The van der Waals surface area contributed by atoms with Gasteiger partial charge in [0, 0.05) is 43.9 Å². The maximum atomic E-state index is 13.2. The van der Waals surface area contributed by atoms with E-state index in [-0.39, 0.29) is 17.4 Å². The van der Waals surface area contributed by atoms with E-state index in [2.05, 4.69) is 15.2 Å². The molecule has 0 spiro atoms. The summed E-state index contributed by atoms with van der Waals surface area (Å²) in [5, 5.41) is 18.6. The second-order valence-corrected chi connectivity index (χ2v) is 7.91. The molecule has 1 N–H and O–H groups in total. The minimum Gasteiger partial charge on any atom is -0.490 e. The van der Waals surface area contributed by atoms with Gasteiger partial charge in [-0.3, -0.25) is 4.98 Å². The number of nitrogens with zero attached hydrogens (tertiary/aromatic N) is 4. The number of para-hydroxylation sites is 1. The van der Waals surface area contributed by atoms with E-state index in [0.717, 1.165) is 6.07 Å². The van der Waals surface area contributed by atoms with Gasteiger partial charge in [-0.15, -0.1) is 10.2 Å². The zero-order chi connectivity index (χ0) is 22.0. The van der Waals surface area contributed by atoms with Crippen molar-refractivity contribution < 1.29 is 27.8 Å². The molecule has 0 saturated carbocycles. The maximum Gasteiger partial charge on any atom is 0.419 e. The van der Waals surface area contributed by atoms with Crippen LogP contribution in [0.5, 0.6) is 5.75 Å². The van der Waals surface area contributed by atoms with E-state index in [1.807, 2.05) is 4.90 Å². The van der Waals surface area contributed by atoms with Crippen molar-refractivity contribution >= 4 is 22.4 Å². The van der Waals surface area contributed by atoms with Gasteiger partial charge in [0.05, 0.1) is 11.1 Å². The molecule has 31 heavy (non-hydrogen) atoms. The largest absolute Gasteiger partial charge is 0.490 e. The van der Waals surface area contributed by atoms with Gasteiger partial charge in [0.25, 0.3) is 0 Å². The Kier molecular flexibility index (Phi) is 5.77. The second-order valence-electron chi connectivity index (χ2n) is 6.96. The SMILES string of the molecule is O=C(O)c1cncc(-c2nnc(N3CCC(Oc4ccccc4C(F)(F)F)CC3)s2)c1. The number of carboxylic acid groups (broad SMARTS) is 1. The Morgan fingerprint density at radius 1 is 1.16 bits per heavy atom. The van der Waals surface area contributed by atoms with E-state index in [4.69, 9.17) is 9.84 Å². The fourth-order valence-electron chi connectivity index (χ4n) is 3.28. The number of aromatic carboxylic acids is 1. The van der Waals surface area contributed by atoms with Crippen molar-refractivity contribution in [1.29, 1.82) is 0 Å². The van der Waals surface area contributed by atoms with E-state index >= 15 is 0 Å². The molecule has 162 valence electrons. The van der Waals surface area contributed by atoms with Gasteiger partial charge < -0.3 is 14.7 Å². The van der Waals surface area contributed by atoms with E-state index in [9.17, 15) is 18.0 Å². The molecule has 1 aliphatic heterocycles. The van der Waals surface area contributed by atoms with Gasteiger partial charge in [-0.1, -0.05) is 23.5 Å². The van der Waals surface area contributed by atoms with Crippen molar-refractivity contribution in [1.82, 2.24) is 15.2 Å². The number of ether oxygens (including phenoxy) is 1. The molecular formula is C20H17F3N4O3S. The summed E-state index contributed by atoms with van der Waals surface area (Å²) in [5.74, 6) is -1.23. The summed E-state index contributed by atoms with van der Waals surface area (Å²) < 4.78 is 45.1. The Balaban J connectivity index is 1.40. The third-order valence-electron chi connectivity index (χ3n) is 4.85. The highest BCUT2D eigenvalue weighted by Gasteiger charge is 2.35. The smallest absolute Gasteiger partial charge is 0.419 e. The molecular weight excluding hydrogens is 433 g/mol. The third kappa shape index (κ3) is 4.76. The first-order valence-corrected chi connectivity index (χ1v) is 10.2. The van der Waals surface area contributed by atoms with Crippen LogP contribution in [0.15, 0.2) is 42.7 Å². The van der Waals surface area contributed by atoms with E-state index in [0.29, 0.717) is 41.6 Å². The van der Waals surface area contributed by atoms with Crippen LogP contribution in [0.1, 0.15) is 28.8 Å². The normalized spacial score (nSPS) is 15.1. The van der Waals surface area contributed by atoms with Gasteiger partial charge in [0.15, 0.2) is 5.01 Å². The molecule has 11 heteroatoms. The van der Waals surface area contributed by atoms with E-state index < -0.39 is 17.7 Å². The quantitative estimate of drug-likeness (QED) is 0.618. The fraction of sp³-hybridized carbons (Fsp3) is 0.300. The molecule has 1 aliphatic rings. The van der Waals surface area contributed by atoms with Gasteiger partial charge in [0.2, 0.25) is 5.13 Å². The highest BCUT2D eigenvalue weighted by atomic mass is 32.1. The lowest BCUT2D eigenvalue weighted by Gasteiger charge is -2.32. The van der Waals surface area contributed by atoms with Crippen LogP contribution in [-0.4, -0.2) is 45.5 Å². The molecule has 3 heterocycles. The van der Waals surface area contributed by atoms with Crippen molar-refractivity contribution in [3.8, 4) is 16.3 Å². The van der Waals surface area contributed by atoms with Crippen molar-refractivity contribution in [2.45, 2.75) is 25.1 Å². The van der Waals surface area contributed by atoms with Crippen LogP contribution >= 0.6 is 11.3 Å². The van der Waals surface area contributed by atoms with Crippen molar-refractivity contribution in [2.24, 2.45) is 0 Å². The van der Waals surface area contributed by atoms with Crippen molar-refractivity contribution in [2.75, 3.05) is 18.0 Å². The first-order valence-electron chi connectivity index (χ1n) is 9.41. The predicted molar refractivity (Wildman–Crippen MR) is 107 cm³/mol. The molecule has 0 amide bonds. The van der Waals surface area contributed by atoms with Crippen molar-refractivity contribution in [3.05, 3.63) is 53.9 Å². The molecule has 0 atom stereocenters. The number of pyridine rings is 1. The number of anilines is 1. The fourth-order valence-corrected chi connectivity index (χ4v) is 4.16. The average molecular weight is 450 g/mol. The van der Waals surface area contributed by atoms with Gasteiger partial charge >= 0.3 is 12.1 Å². The lowest BCUT2D eigenvalue weighted by atomic mass is 10.1. The number of aromatic nitrogens is 3. The van der Waals surface area contributed by atoms with Gasteiger partial charge in [-0.2, -0.15) is 13.2 Å². The van der Waals surface area contributed by atoms with Crippen LogP contribution in [0.3, 0.4) is 0 Å². The highest BCUT2D eigenvalue weighted by Crippen LogP contribution is 2.37. The summed E-state index contributed by atoms with van der Waals surface area (Å²) in [4.78, 5) is 17.0. The summed E-state index contributed by atoms with van der Waals surface area (Å²) in [6.45, 7) is 1.11. The number of hydrogen-bond acceptors (Lipinski definition) is 7. The standard InChI is InChI=1S/C20H17F3N4O3S/c21-20(22,23)15-3-1-2-4-16(15)30-14-5-7-27(8-6-14)19-26-25-17(31-19)12-9-13(18(28)29)11-24-10-12/h1-4,9-11,14H,5-8H2,(H,28,29).